The number of ether oxygens (including phenoxy) is 1. The van der Waals surface area contributed by atoms with Gasteiger partial charge in [0.05, 0.1) is 11.8 Å². The third-order valence-corrected chi connectivity index (χ3v) is 4.90. The van der Waals surface area contributed by atoms with Gasteiger partial charge in [-0.25, -0.2) is 0 Å². The van der Waals surface area contributed by atoms with Crippen molar-refractivity contribution in [2.24, 2.45) is 0 Å². The van der Waals surface area contributed by atoms with Crippen LogP contribution in [0.3, 0.4) is 0 Å². The van der Waals surface area contributed by atoms with Gasteiger partial charge in [-0.3, -0.25) is 0 Å². The highest BCUT2D eigenvalue weighted by Crippen LogP contribution is 2.32. The van der Waals surface area contributed by atoms with Crippen molar-refractivity contribution in [2.45, 2.75) is 56.9 Å². The van der Waals surface area contributed by atoms with Crippen LogP contribution >= 0.6 is 11.8 Å². The molecular formula is C16H26N2OS. The van der Waals surface area contributed by atoms with E-state index < -0.39 is 0 Å². The molecule has 0 bridgehead atoms. The molecule has 0 aromatic heterocycles. The third-order valence-electron chi connectivity index (χ3n) is 3.73. The minimum absolute atomic E-state index is 0.140. The molecule has 1 aromatic carbocycles. The molecule has 112 valence electrons. The molecule has 3 nitrogen and oxygen atoms in total. The second-order valence-electron chi connectivity index (χ2n) is 5.73. The van der Waals surface area contributed by atoms with Crippen LogP contribution in [0.25, 0.3) is 0 Å². The molecule has 1 aliphatic rings. The molecule has 2 atom stereocenters. The van der Waals surface area contributed by atoms with Gasteiger partial charge in [0.25, 0.3) is 0 Å². The Bertz CT molecular complexity index is 436. The Labute approximate surface area is 126 Å². The van der Waals surface area contributed by atoms with Crippen LogP contribution < -0.4 is 15.8 Å². The van der Waals surface area contributed by atoms with E-state index in [0.717, 1.165) is 11.4 Å². The Hall–Kier alpha value is -1.03. The molecule has 1 saturated carbocycles. The summed E-state index contributed by atoms with van der Waals surface area (Å²) in [7, 11) is 0. The summed E-state index contributed by atoms with van der Waals surface area (Å²) >= 11 is 1.97. The molecule has 0 radical (unpaired) electrons. The lowest BCUT2D eigenvalue weighted by Crippen LogP contribution is -2.34. The summed E-state index contributed by atoms with van der Waals surface area (Å²) in [5.41, 5.74) is 7.78. The molecule has 0 spiro atoms. The average Bonchev–Trinajstić information content (AvgIpc) is 2.42. The van der Waals surface area contributed by atoms with E-state index in [4.69, 9.17) is 10.5 Å². The Kier molecular flexibility index (Phi) is 5.46. The van der Waals surface area contributed by atoms with Gasteiger partial charge in [-0.15, -0.1) is 0 Å². The standard InChI is InChI=1S/C16H26N2OS/c1-11(2)19-15-10-12(8-9-13(15)17)18-14-6-4-5-7-16(14)20-3/h8-11,14,16,18H,4-7,17H2,1-3H3. The number of hydrogen-bond acceptors (Lipinski definition) is 4. The number of anilines is 2. The molecule has 2 rings (SSSR count). The minimum atomic E-state index is 0.140. The van der Waals surface area contributed by atoms with E-state index in [9.17, 15) is 0 Å². The van der Waals surface area contributed by atoms with Crippen molar-refractivity contribution in [1.29, 1.82) is 0 Å². The van der Waals surface area contributed by atoms with Crippen LogP contribution in [-0.4, -0.2) is 23.7 Å². The SMILES string of the molecule is CSC1CCCCC1Nc1ccc(N)c(OC(C)C)c1. The summed E-state index contributed by atoms with van der Waals surface area (Å²) in [6.07, 6.45) is 7.58. The molecule has 2 unspecified atom stereocenters. The van der Waals surface area contributed by atoms with Crippen molar-refractivity contribution in [1.82, 2.24) is 0 Å². The first-order valence-electron chi connectivity index (χ1n) is 7.45. The number of nitrogen functional groups attached to an aromatic ring is 1. The van der Waals surface area contributed by atoms with Crippen molar-refractivity contribution < 1.29 is 4.74 Å². The fraction of sp³-hybridized carbons (Fsp3) is 0.625. The highest BCUT2D eigenvalue weighted by molar-refractivity contribution is 7.99. The van der Waals surface area contributed by atoms with E-state index in [-0.39, 0.29) is 6.10 Å². The van der Waals surface area contributed by atoms with Gasteiger partial charge in [-0.1, -0.05) is 12.8 Å². The third kappa shape index (κ3) is 3.98. The van der Waals surface area contributed by atoms with E-state index in [1.165, 1.54) is 25.7 Å². The molecular weight excluding hydrogens is 268 g/mol. The van der Waals surface area contributed by atoms with Crippen molar-refractivity contribution in [3.63, 3.8) is 0 Å². The molecule has 0 saturated heterocycles. The van der Waals surface area contributed by atoms with Gasteiger partial charge in [0.15, 0.2) is 0 Å². The number of nitrogens with two attached hydrogens (primary N) is 1. The molecule has 1 aromatic rings. The van der Waals surface area contributed by atoms with E-state index in [1.807, 2.05) is 37.7 Å². The van der Waals surface area contributed by atoms with E-state index in [1.54, 1.807) is 0 Å². The van der Waals surface area contributed by atoms with E-state index in [2.05, 4.69) is 17.6 Å². The van der Waals surface area contributed by atoms with Gasteiger partial charge in [0.2, 0.25) is 0 Å². The number of nitrogens with one attached hydrogen (secondary N) is 1. The van der Waals surface area contributed by atoms with Gasteiger partial charge in [-0.05, 0) is 45.1 Å². The number of rotatable bonds is 5. The van der Waals surface area contributed by atoms with Crippen molar-refractivity contribution in [2.75, 3.05) is 17.3 Å². The van der Waals surface area contributed by atoms with Gasteiger partial charge in [0, 0.05) is 23.0 Å². The summed E-state index contributed by atoms with van der Waals surface area (Å²) in [6, 6.07) is 6.56. The maximum atomic E-state index is 5.97. The second-order valence-corrected chi connectivity index (χ2v) is 6.81. The predicted octanol–water partition coefficient (Wildman–Crippen LogP) is 4.14. The molecule has 4 heteroatoms. The van der Waals surface area contributed by atoms with Crippen molar-refractivity contribution in [3.05, 3.63) is 18.2 Å². The monoisotopic (exact) mass is 294 g/mol. The zero-order valence-electron chi connectivity index (χ0n) is 12.7. The molecule has 1 aliphatic carbocycles. The maximum Gasteiger partial charge on any atom is 0.144 e. The maximum absolute atomic E-state index is 5.97. The van der Waals surface area contributed by atoms with Crippen LogP contribution in [0.2, 0.25) is 0 Å². The number of thioether (sulfide) groups is 1. The molecule has 0 aliphatic heterocycles. The van der Waals surface area contributed by atoms with Crippen LogP contribution in [0.4, 0.5) is 11.4 Å². The van der Waals surface area contributed by atoms with Gasteiger partial charge in [0.1, 0.15) is 5.75 Å². The van der Waals surface area contributed by atoms with Crippen LogP contribution in [0.1, 0.15) is 39.5 Å². The lowest BCUT2D eigenvalue weighted by atomic mass is 9.94. The molecule has 3 N–H and O–H groups in total. The Morgan fingerprint density at radius 1 is 1.30 bits per heavy atom. The lowest BCUT2D eigenvalue weighted by molar-refractivity contribution is 0.244. The lowest BCUT2D eigenvalue weighted by Gasteiger charge is -2.32. The van der Waals surface area contributed by atoms with Crippen LogP contribution in [0.5, 0.6) is 5.75 Å². The van der Waals surface area contributed by atoms with Crippen molar-refractivity contribution in [3.8, 4) is 5.75 Å². The summed E-state index contributed by atoms with van der Waals surface area (Å²) in [6.45, 7) is 4.04. The Morgan fingerprint density at radius 3 is 2.75 bits per heavy atom. The first-order chi connectivity index (χ1) is 9.60. The zero-order valence-corrected chi connectivity index (χ0v) is 13.5. The zero-order chi connectivity index (χ0) is 14.5. The highest BCUT2D eigenvalue weighted by atomic mass is 32.2. The quantitative estimate of drug-likeness (QED) is 0.801. The summed E-state index contributed by atoms with van der Waals surface area (Å²) in [5.74, 6) is 0.779. The Balaban J connectivity index is 2.08. The first kappa shape index (κ1) is 15.4. The molecule has 0 heterocycles. The average molecular weight is 294 g/mol. The largest absolute Gasteiger partial charge is 0.489 e. The van der Waals surface area contributed by atoms with Crippen LogP contribution in [0.15, 0.2) is 18.2 Å². The first-order valence-corrected chi connectivity index (χ1v) is 8.74. The molecule has 1 fully saturated rings. The van der Waals surface area contributed by atoms with Gasteiger partial charge in [-0.2, -0.15) is 11.8 Å². The highest BCUT2D eigenvalue weighted by Gasteiger charge is 2.24. The Morgan fingerprint density at radius 2 is 2.05 bits per heavy atom. The normalized spacial score (nSPS) is 22.8. The topological polar surface area (TPSA) is 47.3 Å². The summed E-state index contributed by atoms with van der Waals surface area (Å²) < 4.78 is 5.76. The van der Waals surface area contributed by atoms with Gasteiger partial charge < -0.3 is 15.8 Å². The number of hydrogen-bond donors (Lipinski definition) is 2. The fourth-order valence-electron chi connectivity index (χ4n) is 2.74. The van der Waals surface area contributed by atoms with E-state index >= 15 is 0 Å². The van der Waals surface area contributed by atoms with E-state index in [0.29, 0.717) is 17.0 Å². The fourth-order valence-corrected chi connectivity index (χ4v) is 3.67. The van der Waals surface area contributed by atoms with Crippen LogP contribution in [-0.2, 0) is 0 Å². The smallest absolute Gasteiger partial charge is 0.144 e. The number of benzene rings is 1. The van der Waals surface area contributed by atoms with Crippen LogP contribution in [0, 0.1) is 0 Å². The predicted molar refractivity (Wildman–Crippen MR) is 89.8 cm³/mol. The second kappa shape index (κ2) is 7.11. The molecule has 20 heavy (non-hydrogen) atoms. The summed E-state index contributed by atoms with van der Waals surface area (Å²) in [4.78, 5) is 0. The summed E-state index contributed by atoms with van der Waals surface area (Å²) in [5, 5.41) is 4.37. The van der Waals surface area contributed by atoms with Gasteiger partial charge >= 0.3 is 0 Å². The molecule has 0 amide bonds. The minimum Gasteiger partial charge on any atom is -0.489 e. The van der Waals surface area contributed by atoms with Crippen molar-refractivity contribution >= 4 is 23.1 Å².